The zero-order valence-electron chi connectivity index (χ0n) is 47.4. The Hall–Kier alpha value is -4.19. The minimum atomic E-state index is -0.801. The molecule has 0 aromatic rings. The van der Waals surface area contributed by atoms with Gasteiger partial charge in [0.25, 0.3) is 0 Å². The molecule has 0 amide bonds. The Kier molecular flexibility index (Phi) is 56.9. The van der Waals surface area contributed by atoms with Crippen molar-refractivity contribution >= 4 is 17.9 Å². The Morgan fingerprint density at radius 2 is 0.534 bits per heavy atom. The number of hydrogen-bond donors (Lipinski definition) is 0. The summed E-state index contributed by atoms with van der Waals surface area (Å²) in [5.74, 6) is -0.932. The molecule has 0 aromatic heterocycles. The lowest BCUT2D eigenvalue weighted by Gasteiger charge is -2.18. The fourth-order valence-electron chi connectivity index (χ4n) is 7.98. The van der Waals surface area contributed by atoms with Gasteiger partial charge in [0.05, 0.1) is 0 Å². The molecule has 0 bridgehead atoms. The van der Waals surface area contributed by atoms with Crippen molar-refractivity contribution in [3.8, 4) is 0 Å². The highest BCUT2D eigenvalue weighted by molar-refractivity contribution is 5.71. The van der Waals surface area contributed by atoms with Crippen molar-refractivity contribution in [3.63, 3.8) is 0 Å². The molecule has 6 heteroatoms. The van der Waals surface area contributed by atoms with Crippen molar-refractivity contribution in [2.45, 2.75) is 271 Å². The van der Waals surface area contributed by atoms with E-state index < -0.39 is 6.10 Å². The molecule has 0 fully saturated rings. The molecular weight excluding hydrogens is 901 g/mol. The Labute approximate surface area is 450 Å². The van der Waals surface area contributed by atoms with Gasteiger partial charge in [0, 0.05) is 19.3 Å². The highest BCUT2D eigenvalue weighted by Gasteiger charge is 2.19. The Morgan fingerprint density at radius 1 is 0.288 bits per heavy atom. The van der Waals surface area contributed by atoms with Crippen LogP contribution in [0.25, 0.3) is 0 Å². The van der Waals surface area contributed by atoms with Crippen molar-refractivity contribution < 1.29 is 28.6 Å². The lowest BCUT2D eigenvalue weighted by molar-refractivity contribution is -0.167. The number of carbonyl (C=O) groups is 3. The zero-order chi connectivity index (χ0) is 52.9. The third-order valence-electron chi connectivity index (χ3n) is 12.4. The number of allylic oxidation sites excluding steroid dienone is 20. The molecule has 0 saturated heterocycles. The van der Waals surface area contributed by atoms with Gasteiger partial charge in [0.2, 0.25) is 0 Å². The second-order valence-corrected chi connectivity index (χ2v) is 19.5. The number of hydrogen-bond acceptors (Lipinski definition) is 6. The molecule has 0 saturated carbocycles. The van der Waals surface area contributed by atoms with Crippen molar-refractivity contribution in [3.05, 3.63) is 122 Å². The predicted molar refractivity (Wildman–Crippen MR) is 316 cm³/mol. The van der Waals surface area contributed by atoms with E-state index in [2.05, 4.69) is 142 Å². The van der Waals surface area contributed by atoms with Gasteiger partial charge in [-0.25, -0.2) is 0 Å². The van der Waals surface area contributed by atoms with E-state index in [4.69, 9.17) is 14.2 Å². The van der Waals surface area contributed by atoms with Crippen LogP contribution in [0, 0.1) is 0 Å². The standard InChI is InChI=1S/C67H110O6/c1-4-7-10-13-16-19-22-25-28-30-32-33-35-36-39-42-45-48-51-54-57-60-66(69)72-63-64(62-71-65(68)59-56-53-50-47-44-41-38-27-24-21-18-15-12-9-6-3)73-67(70)61-58-55-52-49-46-43-40-37-34-31-29-26-23-20-17-14-11-8-5-2/h7,9-10,12,16-21,25-29,32-34,37-38,64H,4-6,8,11,13-15,22-24,30-31,35-36,39-63H2,1-3H3/b10-7-,12-9-,19-16-,20-17-,21-18-,28-25-,29-26-,33-32-,37-34-,38-27-. The van der Waals surface area contributed by atoms with Gasteiger partial charge in [0.1, 0.15) is 13.2 Å². The maximum Gasteiger partial charge on any atom is 0.306 e. The highest BCUT2D eigenvalue weighted by atomic mass is 16.6. The molecule has 0 spiro atoms. The number of rotatable bonds is 53. The summed E-state index contributed by atoms with van der Waals surface area (Å²) in [6, 6.07) is 0. The van der Waals surface area contributed by atoms with Gasteiger partial charge in [-0.05, 0) is 128 Å². The summed E-state index contributed by atoms with van der Waals surface area (Å²) in [7, 11) is 0. The topological polar surface area (TPSA) is 78.9 Å². The maximum atomic E-state index is 12.9. The van der Waals surface area contributed by atoms with Crippen LogP contribution in [0.5, 0.6) is 0 Å². The summed E-state index contributed by atoms with van der Waals surface area (Å²) in [5.41, 5.74) is 0. The van der Waals surface area contributed by atoms with E-state index in [9.17, 15) is 14.4 Å². The molecule has 1 atom stereocenters. The van der Waals surface area contributed by atoms with Crippen LogP contribution < -0.4 is 0 Å². The second-order valence-electron chi connectivity index (χ2n) is 19.5. The smallest absolute Gasteiger partial charge is 0.306 e. The van der Waals surface area contributed by atoms with Gasteiger partial charge in [-0.15, -0.1) is 0 Å². The first-order valence-corrected chi connectivity index (χ1v) is 30.0. The number of ether oxygens (including phenoxy) is 3. The van der Waals surface area contributed by atoms with Crippen LogP contribution in [-0.2, 0) is 28.6 Å². The average molecular weight is 1010 g/mol. The summed E-state index contributed by atoms with van der Waals surface area (Å²) in [6.07, 6.45) is 83.3. The first-order valence-electron chi connectivity index (χ1n) is 30.0. The predicted octanol–water partition coefficient (Wildman–Crippen LogP) is 20.4. The van der Waals surface area contributed by atoms with Gasteiger partial charge in [0.15, 0.2) is 6.10 Å². The molecule has 0 aromatic carbocycles. The lowest BCUT2D eigenvalue weighted by atomic mass is 10.1. The third kappa shape index (κ3) is 58.6. The van der Waals surface area contributed by atoms with Crippen molar-refractivity contribution in [1.82, 2.24) is 0 Å². The Bertz CT molecular complexity index is 1540. The lowest BCUT2D eigenvalue weighted by Crippen LogP contribution is -2.30. The minimum Gasteiger partial charge on any atom is -0.462 e. The van der Waals surface area contributed by atoms with Crippen molar-refractivity contribution in [2.75, 3.05) is 13.2 Å². The van der Waals surface area contributed by atoms with E-state index in [1.807, 2.05) is 0 Å². The van der Waals surface area contributed by atoms with Crippen LogP contribution in [-0.4, -0.2) is 37.2 Å². The van der Waals surface area contributed by atoms with E-state index in [-0.39, 0.29) is 31.1 Å². The molecule has 6 nitrogen and oxygen atoms in total. The number of esters is 3. The summed E-state index contributed by atoms with van der Waals surface area (Å²) in [6.45, 7) is 6.36. The summed E-state index contributed by atoms with van der Waals surface area (Å²) >= 11 is 0. The van der Waals surface area contributed by atoms with Gasteiger partial charge in [-0.3, -0.25) is 14.4 Å². The molecule has 1 unspecified atom stereocenters. The first kappa shape index (κ1) is 68.8. The SMILES string of the molecule is CC/C=C\C/C=C\C/C=C\C/C=C\CCCCCCCCCCC(=O)OCC(COC(=O)CCCCCCC/C=C\C/C=C\C/C=C\CC)OC(=O)CCCCCCCC/C=C\C/C=C\C/C=C\CCCCC. The van der Waals surface area contributed by atoms with E-state index >= 15 is 0 Å². The van der Waals surface area contributed by atoms with Crippen LogP contribution in [0.15, 0.2) is 122 Å². The van der Waals surface area contributed by atoms with Crippen molar-refractivity contribution in [1.29, 1.82) is 0 Å². The van der Waals surface area contributed by atoms with Crippen LogP contribution in [0.1, 0.15) is 265 Å². The van der Waals surface area contributed by atoms with E-state index in [1.54, 1.807) is 0 Å². The molecule has 0 N–H and O–H groups in total. The highest BCUT2D eigenvalue weighted by Crippen LogP contribution is 2.14. The van der Waals surface area contributed by atoms with Gasteiger partial charge >= 0.3 is 17.9 Å². The molecule has 0 heterocycles. The minimum absolute atomic E-state index is 0.0962. The van der Waals surface area contributed by atoms with E-state index in [1.165, 1.54) is 70.6 Å². The maximum absolute atomic E-state index is 12.9. The van der Waals surface area contributed by atoms with Crippen LogP contribution in [0.3, 0.4) is 0 Å². The fourth-order valence-corrected chi connectivity index (χ4v) is 7.98. The molecular formula is C67H110O6. The Morgan fingerprint density at radius 3 is 0.836 bits per heavy atom. The van der Waals surface area contributed by atoms with Gasteiger partial charge in [-0.2, -0.15) is 0 Å². The third-order valence-corrected chi connectivity index (χ3v) is 12.4. The summed E-state index contributed by atoms with van der Waals surface area (Å²) in [5, 5.41) is 0. The first-order chi connectivity index (χ1) is 36.0. The molecule has 0 aliphatic carbocycles. The van der Waals surface area contributed by atoms with E-state index in [0.717, 1.165) is 154 Å². The van der Waals surface area contributed by atoms with E-state index in [0.29, 0.717) is 19.3 Å². The van der Waals surface area contributed by atoms with Crippen LogP contribution >= 0.6 is 0 Å². The zero-order valence-corrected chi connectivity index (χ0v) is 47.4. The molecule has 73 heavy (non-hydrogen) atoms. The average Bonchev–Trinajstić information content (AvgIpc) is 3.39. The molecule has 0 aliphatic rings. The van der Waals surface area contributed by atoms with Gasteiger partial charge in [-0.1, -0.05) is 239 Å². The molecule has 0 aliphatic heterocycles. The second kappa shape index (κ2) is 60.4. The van der Waals surface area contributed by atoms with Gasteiger partial charge < -0.3 is 14.2 Å². The molecule has 414 valence electrons. The Balaban J connectivity index is 4.45. The molecule has 0 radical (unpaired) electrons. The fraction of sp³-hybridized carbons (Fsp3) is 0.657. The molecule has 0 rings (SSSR count). The normalized spacial score (nSPS) is 13.0. The number of carbonyl (C=O) groups excluding carboxylic acids is 3. The van der Waals surface area contributed by atoms with Crippen molar-refractivity contribution in [2.24, 2.45) is 0 Å². The largest absolute Gasteiger partial charge is 0.462 e. The summed E-state index contributed by atoms with van der Waals surface area (Å²) < 4.78 is 16.9. The monoisotopic (exact) mass is 1010 g/mol. The summed E-state index contributed by atoms with van der Waals surface area (Å²) in [4.78, 5) is 38.3. The number of unbranched alkanes of at least 4 members (excludes halogenated alkanes) is 22. The van der Waals surface area contributed by atoms with Crippen LogP contribution in [0.4, 0.5) is 0 Å². The quantitative estimate of drug-likeness (QED) is 0.0261. The van der Waals surface area contributed by atoms with Crippen LogP contribution in [0.2, 0.25) is 0 Å².